The molecule has 0 spiro atoms. The predicted octanol–water partition coefficient (Wildman–Crippen LogP) is 1.96. The third-order valence-electron chi connectivity index (χ3n) is 5.45. The number of likely N-dealkylation sites (tertiary alicyclic amines) is 1. The van der Waals surface area contributed by atoms with E-state index in [1.807, 2.05) is 7.05 Å². The molecular weight excluding hydrogens is 391 g/mol. The molecule has 1 amide bonds. The van der Waals surface area contributed by atoms with Crippen LogP contribution in [0.2, 0.25) is 0 Å². The minimum absolute atomic E-state index is 0. The van der Waals surface area contributed by atoms with Crippen molar-refractivity contribution in [2.24, 2.45) is 28.0 Å². The zero-order valence-corrected chi connectivity index (χ0v) is 15.8. The molecular formula is C16H29IN4O. The van der Waals surface area contributed by atoms with Crippen LogP contribution in [0, 0.1) is 17.3 Å². The molecule has 0 aromatic heterocycles. The highest BCUT2D eigenvalue weighted by Crippen LogP contribution is 2.60. The number of aliphatic imine (C=N–C) groups is 1. The highest BCUT2D eigenvalue weighted by molar-refractivity contribution is 14.0. The molecule has 5 nitrogen and oxygen atoms in total. The van der Waals surface area contributed by atoms with Gasteiger partial charge in [-0.1, -0.05) is 0 Å². The maximum atomic E-state index is 11.1. The van der Waals surface area contributed by atoms with Crippen LogP contribution in [0.1, 0.15) is 44.9 Å². The molecule has 126 valence electrons. The average molecular weight is 420 g/mol. The Kier molecular flexibility index (Phi) is 5.96. The topological polar surface area (TPSA) is 70.7 Å². The van der Waals surface area contributed by atoms with E-state index in [4.69, 9.17) is 5.73 Å². The van der Waals surface area contributed by atoms with E-state index in [1.165, 1.54) is 25.7 Å². The van der Waals surface area contributed by atoms with Crippen molar-refractivity contribution in [3.63, 3.8) is 0 Å². The second-order valence-electron chi connectivity index (χ2n) is 7.16. The summed E-state index contributed by atoms with van der Waals surface area (Å²) in [5, 5.41) is 3.60. The molecule has 3 fully saturated rings. The molecule has 0 aromatic rings. The standard InChI is InChI=1S/C16H28N4O.HI/c1-18-15(19-11-16(6-7-16)13-4-5-13)20-8-2-3-12(10-20)9-14(17)21;/h12-13H,2-11H2,1H3,(H2,17,21)(H,18,19);1H. The number of primary amides is 1. The highest BCUT2D eigenvalue weighted by Gasteiger charge is 2.53. The molecule has 0 bridgehead atoms. The quantitative estimate of drug-likeness (QED) is 0.406. The first-order valence-corrected chi connectivity index (χ1v) is 8.37. The van der Waals surface area contributed by atoms with Gasteiger partial charge < -0.3 is 16.0 Å². The van der Waals surface area contributed by atoms with Crippen molar-refractivity contribution >= 4 is 35.8 Å². The van der Waals surface area contributed by atoms with E-state index in [-0.39, 0.29) is 29.9 Å². The molecule has 1 unspecified atom stereocenters. The molecule has 2 saturated carbocycles. The second kappa shape index (κ2) is 7.36. The van der Waals surface area contributed by atoms with Gasteiger partial charge in [0, 0.05) is 33.1 Å². The molecule has 1 aliphatic heterocycles. The smallest absolute Gasteiger partial charge is 0.217 e. The Labute approximate surface area is 150 Å². The molecule has 0 radical (unpaired) electrons. The van der Waals surface area contributed by atoms with Gasteiger partial charge in [-0.05, 0) is 55.8 Å². The molecule has 3 aliphatic rings. The van der Waals surface area contributed by atoms with Crippen molar-refractivity contribution in [1.82, 2.24) is 10.2 Å². The second-order valence-corrected chi connectivity index (χ2v) is 7.16. The Morgan fingerprint density at radius 1 is 1.36 bits per heavy atom. The van der Waals surface area contributed by atoms with Crippen LogP contribution in [-0.2, 0) is 4.79 Å². The van der Waals surface area contributed by atoms with Crippen molar-refractivity contribution in [3.05, 3.63) is 0 Å². The van der Waals surface area contributed by atoms with E-state index < -0.39 is 0 Å². The third kappa shape index (κ3) is 4.26. The Morgan fingerprint density at radius 3 is 2.64 bits per heavy atom. The fraction of sp³-hybridized carbons (Fsp3) is 0.875. The van der Waals surface area contributed by atoms with Gasteiger partial charge in [-0.25, -0.2) is 0 Å². The summed E-state index contributed by atoms with van der Waals surface area (Å²) < 4.78 is 0. The lowest BCUT2D eigenvalue weighted by molar-refractivity contribution is -0.119. The number of piperidine rings is 1. The lowest BCUT2D eigenvalue weighted by atomic mass is 9.94. The van der Waals surface area contributed by atoms with Gasteiger partial charge in [-0.2, -0.15) is 0 Å². The van der Waals surface area contributed by atoms with Crippen LogP contribution in [-0.4, -0.2) is 43.4 Å². The molecule has 22 heavy (non-hydrogen) atoms. The first-order valence-electron chi connectivity index (χ1n) is 8.37. The summed E-state index contributed by atoms with van der Waals surface area (Å²) in [6.07, 6.45) is 8.32. The van der Waals surface area contributed by atoms with Gasteiger partial charge in [0.15, 0.2) is 5.96 Å². The van der Waals surface area contributed by atoms with Gasteiger partial charge in [0.25, 0.3) is 0 Å². The van der Waals surface area contributed by atoms with Gasteiger partial charge in [0.05, 0.1) is 0 Å². The van der Waals surface area contributed by atoms with Crippen molar-refractivity contribution in [1.29, 1.82) is 0 Å². The van der Waals surface area contributed by atoms with Gasteiger partial charge >= 0.3 is 0 Å². The minimum Gasteiger partial charge on any atom is -0.370 e. The number of hydrogen-bond donors (Lipinski definition) is 2. The average Bonchev–Trinajstić information content (AvgIpc) is 3.33. The third-order valence-corrected chi connectivity index (χ3v) is 5.45. The minimum atomic E-state index is -0.185. The maximum Gasteiger partial charge on any atom is 0.217 e. The Balaban J connectivity index is 0.00000176. The number of rotatable bonds is 5. The Hall–Kier alpha value is -0.530. The summed E-state index contributed by atoms with van der Waals surface area (Å²) in [4.78, 5) is 17.9. The maximum absolute atomic E-state index is 11.1. The van der Waals surface area contributed by atoms with Crippen LogP contribution in [0.3, 0.4) is 0 Å². The lowest BCUT2D eigenvalue weighted by Gasteiger charge is -2.35. The van der Waals surface area contributed by atoms with Crippen molar-refractivity contribution in [3.8, 4) is 0 Å². The van der Waals surface area contributed by atoms with Crippen molar-refractivity contribution in [2.45, 2.75) is 44.9 Å². The molecule has 3 N–H and O–H groups in total. The van der Waals surface area contributed by atoms with Crippen LogP contribution >= 0.6 is 24.0 Å². The summed E-state index contributed by atoms with van der Waals surface area (Å²) in [6, 6.07) is 0. The number of guanidine groups is 1. The molecule has 1 saturated heterocycles. The zero-order valence-electron chi connectivity index (χ0n) is 13.5. The van der Waals surface area contributed by atoms with E-state index >= 15 is 0 Å². The van der Waals surface area contributed by atoms with Crippen molar-refractivity contribution < 1.29 is 4.79 Å². The van der Waals surface area contributed by atoms with E-state index in [0.717, 1.165) is 44.4 Å². The zero-order chi connectivity index (χ0) is 14.9. The fourth-order valence-corrected chi connectivity index (χ4v) is 3.88. The van der Waals surface area contributed by atoms with Gasteiger partial charge in [0.2, 0.25) is 5.91 Å². The number of carbonyl (C=O) groups excluding carboxylic acids is 1. The Bertz CT molecular complexity index is 432. The molecule has 0 aromatic carbocycles. The summed E-state index contributed by atoms with van der Waals surface area (Å²) in [5.41, 5.74) is 5.92. The number of carbonyl (C=O) groups is 1. The van der Waals surface area contributed by atoms with Gasteiger partial charge in [0.1, 0.15) is 0 Å². The fourth-order valence-electron chi connectivity index (χ4n) is 3.88. The van der Waals surface area contributed by atoms with Gasteiger partial charge in [-0.15, -0.1) is 24.0 Å². The number of amides is 1. The summed E-state index contributed by atoms with van der Waals surface area (Å²) in [6.45, 7) is 3.01. The normalized spacial score (nSPS) is 27.0. The van der Waals surface area contributed by atoms with E-state index in [9.17, 15) is 4.79 Å². The summed E-state index contributed by atoms with van der Waals surface area (Å²) >= 11 is 0. The largest absolute Gasteiger partial charge is 0.370 e. The predicted molar refractivity (Wildman–Crippen MR) is 99.3 cm³/mol. The monoisotopic (exact) mass is 420 g/mol. The van der Waals surface area contributed by atoms with Crippen LogP contribution < -0.4 is 11.1 Å². The summed E-state index contributed by atoms with van der Waals surface area (Å²) in [5.74, 6) is 2.17. The first-order chi connectivity index (χ1) is 10.1. The molecule has 6 heteroatoms. The number of nitrogens with one attached hydrogen (secondary N) is 1. The van der Waals surface area contributed by atoms with Crippen molar-refractivity contribution in [2.75, 3.05) is 26.7 Å². The van der Waals surface area contributed by atoms with Crippen LogP contribution in [0.5, 0.6) is 0 Å². The molecule has 1 heterocycles. The van der Waals surface area contributed by atoms with E-state index in [2.05, 4.69) is 15.2 Å². The highest BCUT2D eigenvalue weighted by atomic mass is 127. The molecule has 3 rings (SSSR count). The molecule has 1 atom stereocenters. The first kappa shape index (κ1) is 17.8. The van der Waals surface area contributed by atoms with E-state index in [0.29, 0.717) is 17.8 Å². The SMILES string of the molecule is CN=C(NCC1(C2CC2)CC1)N1CCCC(CC(N)=O)C1.I. The molecule has 2 aliphatic carbocycles. The van der Waals surface area contributed by atoms with E-state index in [1.54, 1.807) is 0 Å². The van der Waals surface area contributed by atoms with Crippen LogP contribution in [0.4, 0.5) is 0 Å². The number of hydrogen-bond acceptors (Lipinski definition) is 2. The number of nitrogens with zero attached hydrogens (tertiary/aromatic N) is 2. The Morgan fingerprint density at radius 2 is 2.09 bits per heavy atom. The number of nitrogens with two attached hydrogens (primary N) is 1. The van der Waals surface area contributed by atoms with Crippen LogP contribution in [0.15, 0.2) is 4.99 Å². The number of halogens is 1. The van der Waals surface area contributed by atoms with Crippen LogP contribution in [0.25, 0.3) is 0 Å². The summed E-state index contributed by atoms with van der Waals surface area (Å²) in [7, 11) is 1.86. The lowest BCUT2D eigenvalue weighted by Crippen LogP contribution is -2.48. The van der Waals surface area contributed by atoms with Gasteiger partial charge in [-0.3, -0.25) is 9.79 Å².